The van der Waals surface area contributed by atoms with Gasteiger partial charge in [-0.25, -0.2) is 4.79 Å². The van der Waals surface area contributed by atoms with E-state index in [0.717, 1.165) is 0 Å². The lowest BCUT2D eigenvalue weighted by atomic mass is 10.1. The summed E-state index contributed by atoms with van der Waals surface area (Å²) in [7, 11) is 0. The zero-order chi connectivity index (χ0) is 7.44. The Kier molecular flexibility index (Phi) is 2.95. The van der Waals surface area contributed by atoms with E-state index in [-0.39, 0.29) is 5.92 Å². The number of hydrogen-bond donors (Lipinski definition) is 2. The van der Waals surface area contributed by atoms with Crippen LogP contribution < -0.4 is 0 Å². The molecule has 2 N–H and O–H groups in total. The zero-order valence-electron chi connectivity index (χ0n) is 5.24. The maximum atomic E-state index is 10.0. The number of carboxylic acid groups (broad SMARTS) is 1. The molecule has 0 aromatic rings. The quantitative estimate of drug-likeness (QED) is 0.538. The van der Waals surface area contributed by atoms with Crippen LogP contribution in [0, 0.1) is 5.92 Å². The van der Waals surface area contributed by atoms with Crippen LogP contribution in [0.4, 0.5) is 0 Å². The Morgan fingerprint density at radius 2 is 2.22 bits per heavy atom. The van der Waals surface area contributed by atoms with Gasteiger partial charge >= 0.3 is 5.97 Å². The molecule has 0 bridgehead atoms. The molecule has 0 aliphatic heterocycles. The second kappa shape index (κ2) is 3.25. The van der Waals surface area contributed by atoms with Crippen molar-refractivity contribution in [3.8, 4) is 0 Å². The predicted molar refractivity (Wildman–Crippen MR) is 33.0 cm³/mol. The van der Waals surface area contributed by atoms with E-state index >= 15 is 0 Å². The van der Waals surface area contributed by atoms with Crippen LogP contribution in [-0.4, -0.2) is 22.3 Å². The lowest BCUT2D eigenvalue weighted by Gasteiger charge is -2.08. The summed E-state index contributed by atoms with van der Waals surface area (Å²) >= 11 is 0. The standard InChI is InChI=1S/C6H10O3/c1-3-4(2)5(7)6(8)9/h3-5,7H,1H2,2H3,(H,8,9)/t4-,5+/m1/s1. The topological polar surface area (TPSA) is 57.5 Å². The first-order valence-electron chi connectivity index (χ1n) is 2.63. The maximum Gasteiger partial charge on any atom is 0.333 e. The smallest absolute Gasteiger partial charge is 0.333 e. The van der Waals surface area contributed by atoms with E-state index in [1.165, 1.54) is 6.08 Å². The Morgan fingerprint density at radius 1 is 1.78 bits per heavy atom. The van der Waals surface area contributed by atoms with Crippen molar-refractivity contribution in [3.63, 3.8) is 0 Å². The van der Waals surface area contributed by atoms with Crippen LogP contribution in [0.25, 0.3) is 0 Å². The molecule has 0 spiro atoms. The van der Waals surface area contributed by atoms with Crippen molar-refractivity contribution in [1.29, 1.82) is 0 Å². The number of carbonyl (C=O) groups is 1. The summed E-state index contributed by atoms with van der Waals surface area (Å²) in [4.78, 5) is 10.0. The van der Waals surface area contributed by atoms with Gasteiger partial charge in [-0.3, -0.25) is 0 Å². The van der Waals surface area contributed by atoms with Crippen molar-refractivity contribution in [2.75, 3.05) is 0 Å². The fourth-order valence-electron chi connectivity index (χ4n) is 0.354. The molecule has 0 aliphatic rings. The molecular formula is C6H10O3. The number of carboxylic acids is 1. The largest absolute Gasteiger partial charge is 0.479 e. The van der Waals surface area contributed by atoms with Crippen molar-refractivity contribution in [1.82, 2.24) is 0 Å². The molecule has 3 heteroatoms. The summed E-state index contributed by atoms with van der Waals surface area (Å²) in [5.74, 6) is -1.59. The maximum absolute atomic E-state index is 10.0. The molecule has 0 saturated heterocycles. The fourth-order valence-corrected chi connectivity index (χ4v) is 0.354. The minimum atomic E-state index is -1.32. The molecule has 0 amide bonds. The molecule has 3 nitrogen and oxygen atoms in total. The number of aliphatic carboxylic acids is 1. The van der Waals surface area contributed by atoms with Crippen LogP contribution in [0.5, 0.6) is 0 Å². The van der Waals surface area contributed by atoms with Crippen LogP contribution in [-0.2, 0) is 4.79 Å². The molecule has 52 valence electrons. The Hall–Kier alpha value is -0.830. The highest BCUT2D eigenvalue weighted by molar-refractivity contribution is 5.72. The van der Waals surface area contributed by atoms with Crippen LogP contribution in [0.2, 0.25) is 0 Å². The lowest BCUT2D eigenvalue weighted by molar-refractivity contribution is -0.148. The van der Waals surface area contributed by atoms with Gasteiger partial charge in [-0.1, -0.05) is 13.0 Å². The second-order valence-electron chi connectivity index (χ2n) is 1.88. The van der Waals surface area contributed by atoms with Crippen LogP contribution in [0.3, 0.4) is 0 Å². The summed E-state index contributed by atoms with van der Waals surface area (Å²) in [5, 5.41) is 16.9. The summed E-state index contributed by atoms with van der Waals surface area (Å²) < 4.78 is 0. The van der Waals surface area contributed by atoms with Gasteiger partial charge in [0.1, 0.15) is 0 Å². The third-order valence-electron chi connectivity index (χ3n) is 1.12. The summed E-state index contributed by atoms with van der Waals surface area (Å²) in [6.45, 7) is 4.93. The van der Waals surface area contributed by atoms with Crippen molar-refractivity contribution >= 4 is 5.97 Å². The van der Waals surface area contributed by atoms with Gasteiger partial charge in [0.05, 0.1) is 0 Å². The Morgan fingerprint density at radius 3 is 2.33 bits per heavy atom. The molecule has 0 saturated carbocycles. The fraction of sp³-hybridized carbons (Fsp3) is 0.500. The van der Waals surface area contributed by atoms with E-state index in [1.54, 1.807) is 6.92 Å². The van der Waals surface area contributed by atoms with E-state index in [4.69, 9.17) is 10.2 Å². The van der Waals surface area contributed by atoms with E-state index in [1.807, 2.05) is 0 Å². The van der Waals surface area contributed by atoms with Gasteiger partial charge in [0, 0.05) is 5.92 Å². The van der Waals surface area contributed by atoms with Crippen LogP contribution in [0.1, 0.15) is 6.92 Å². The van der Waals surface area contributed by atoms with E-state index in [2.05, 4.69) is 6.58 Å². The molecule has 0 heterocycles. The predicted octanol–water partition coefficient (Wildman–Crippen LogP) is 0.254. The summed E-state index contributed by atoms with van der Waals surface area (Å²) in [6.07, 6.45) is 0.0844. The van der Waals surface area contributed by atoms with Gasteiger partial charge in [-0.2, -0.15) is 0 Å². The van der Waals surface area contributed by atoms with Crippen molar-refractivity contribution < 1.29 is 15.0 Å². The van der Waals surface area contributed by atoms with Gasteiger partial charge in [-0.05, 0) is 0 Å². The number of aliphatic hydroxyl groups is 1. The third-order valence-corrected chi connectivity index (χ3v) is 1.12. The number of rotatable bonds is 3. The van der Waals surface area contributed by atoms with Crippen LogP contribution in [0.15, 0.2) is 12.7 Å². The van der Waals surface area contributed by atoms with Crippen molar-refractivity contribution in [2.45, 2.75) is 13.0 Å². The monoisotopic (exact) mass is 130 g/mol. The Balaban J connectivity index is 3.86. The molecule has 0 aromatic heterocycles. The molecule has 9 heavy (non-hydrogen) atoms. The molecule has 0 aliphatic carbocycles. The van der Waals surface area contributed by atoms with Crippen molar-refractivity contribution in [2.24, 2.45) is 5.92 Å². The molecule has 0 aromatic carbocycles. The highest BCUT2D eigenvalue weighted by Crippen LogP contribution is 2.02. The van der Waals surface area contributed by atoms with Crippen LogP contribution >= 0.6 is 0 Å². The Labute approximate surface area is 53.6 Å². The lowest BCUT2D eigenvalue weighted by Crippen LogP contribution is -2.25. The SMILES string of the molecule is C=C[C@@H](C)[C@H](O)C(=O)O. The average Bonchev–Trinajstić information content (AvgIpc) is 1.84. The van der Waals surface area contributed by atoms with E-state index in [9.17, 15) is 4.79 Å². The first kappa shape index (κ1) is 8.17. The third kappa shape index (κ3) is 2.28. The van der Waals surface area contributed by atoms with Gasteiger partial charge < -0.3 is 10.2 Å². The number of hydrogen-bond acceptors (Lipinski definition) is 2. The summed E-state index contributed by atoms with van der Waals surface area (Å²) in [5.41, 5.74) is 0. The molecule has 0 rings (SSSR count). The first-order chi connectivity index (χ1) is 4.09. The first-order valence-corrected chi connectivity index (χ1v) is 2.63. The summed E-state index contributed by atoms with van der Waals surface area (Å²) in [6, 6.07) is 0. The second-order valence-corrected chi connectivity index (χ2v) is 1.88. The molecule has 0 radical (unpaired) electrons. The highest BCUT2D eigenvalue weighted by Gasteiger charge is 2.17. The highest BCUT2D eigenvalue weighted by atomic mass is 16.4. The number of aliphatic hydroxyl groups excluding tert-OH is 1. The van der Waals surface area contributed by atoms with Gasteiger partial charge in [0.2, 0.25) is 0 Å². The molecular weight excluding hydrogens is 120 g/mol. The zero-order valence-corrected chi connectivity index (χ0v) is 5.24. The van der Waals surface area contributed by atoms with E-state index in [0.29, 0.717) is 0 Å². The molecule has 0 fully saturated rings. The normalized spacial score (nSPS) is 16.2. The Bertz CT molecular complexity index is 119. The van der Waals surface area contributed by atoms with Crippen molar-refractivity contribution in [3.05, 3.63) is 12.7 Å². The minimum Gasteiger partial charge on any atom is -0.479 e. The van der Waals surface area contributed by atoms with Gasteiger partial charge in [0.15, 0.2) is 6.10 Å². The van der Waals surface area contributed by atoms with Gasteiger partial charge in [0.25, 0.3) is 0 Å². The van der Waals surface area contributed by atoms with Gasteiger partial charge in [-0.15, -0.1) is 6.58 Å². The average molecular weight is 130 g/mol. The van der Waals surface area contributed by atoms with E-state index < -0.39 is 12.1 Å². The molecule has 2 atom stereocenters. The minimum absolute atomic E-state index is 0.387. The molecule has 0 unspecified atom stereocenters.